The molecule has 1 unspecified atom stereocenters. The van der Waals surface area contributed by atoms with E-state index in [-0.39, 0.29) is 23.1 Å². The molecule has 124 valence electrons. The van der Waals surface area contributed by atoms with Crippen molar-refractivity contribution >= 4 is 27.2 Å². The maximum Gasteiger partial charge on any atom is 0.317 e. The Bertz CT molecular complexity index is 576. The molecule has 0 aromatic carbocycles. The molecular formula is C15H24N2O3S2. The summed E-state index contributed by atoms with van der Waals surface area (Å²) in [6, 6.07) is 3.95. The van der Waals surface area contributed by atoms with E-state index >= 15 is 0 Å². The van der Waals surface area contributed by atoms with Gasteiger partial charge in [-0.1, -0.05) is 19.9 Å². The second-order valence-electron chi connectivity index (χ2n) is 5.56. The van der Waals surface area contributed by atoms with Gasteiger partial charge in [-0.2, -0.15) is 0 Å². The van der Waals surface area contributed by atoms with Crippen molar-refractivity contribution in [2.24, 2.45) is 0 Å². The highest BCUT2D eigenvalue weighted by Crippen LogP contribution is 2.23. The largest absolute Gasteiger partial charge is 0.330 e. The number of hydrogen-bond acceptors (Lipinski definition) is 4. The number of sulfone groups is 1. The lowest BCUT2D eigenvalue weighted by molar-refractivity contribution is 0.182. The summed E-state index contributed by atoms with van der Waals surface area (Å²) >= 11 is 1.64. The number of rotatable bonds is 5. The maximum absolute atomic E-state index is 12.4. The van der Waals surface area contributed by atoms with Gasteiger partial charge in [-0.25, -0.2) is 13.2 Å². The molecule has 1 aromatic heterocycles. The van der Waals surface area contributed by atoms with Crippen molar-refractivity contribution in [1.29, 1.82) is 0 Å². The van der Waals surface area contributed by atoms with Crippen LogP contribution in [0.5, 0.6) is 0 Å². The van der Waals surface area contributed by atoms with Crippen molar-refractivity contribution in [3.63, 3.8) is 0 Å². The first kappa shape index (κ1) is 17.3. The molecule has 2 heterocycles. The summed E-state index contributed by atoms with van der Waals surface area (Å²) < 4.78 is 23.8. The Hall–Kier alpha value is -1.08. The standard InChI is InChI=1S/C15H24N2O3S2/c1-3-13(14-6-5-11-21-14)16-15(18)17-9-7-12(8-10-17)22(19,20)4-2/h5-6,11-13H,3-4,7-10H2,1-2H3,(H,16,18). The Kier molecular flexibility index (Phi) is 5.86. The van der Waals surface area contributed by atoms with Gasteiger partial charge < -0.3 is 10.2 Å². The van der Waals surface area contributed by atoms with E-state index in [1.54, 1.807) is 23.2 Å². The average molecular weight is 345 g/mol. The van der Waals surface area contributed by atoms with E-state index in [1.165, 1.54) is 0 Å². The van der Waals surface area contributed by atoms with Gasteiger partial charge in [0.2, 0.25) is 0 Å². The fourth-order valence-corrected chi connectivity index (χ4v) is 5.02. The van der Waals surface area contributed by atoms with E-state index in [0.717, 1.165) is 11.3 Å². The molecule has 1 aromatic rings. The number of nitrogens with one attached hydrogen (secondary N) is 1. The fourth-order valence-electron chi connectivity index (χ4n) is 2.76. The lowest BCUT2D eigenvalue weighted by Gasteiger charge is -2.32. The third kappa shape index (κ3) is 4.01. The molecule has 0 bridgehead atoms. The van der Waals surface area contributed by atoms with Gasteiger partial charge in [0.25, 0.3) is 0 Å². The van der Waals surface area contributed by atoms with Crippen molar-refractivity contribution < 1.29 is 13.2 Å². The molecule has 1 aliphatic heterocycles. The molecule has 1 N–H and O–H groups in total. The highest BCUT2D eigenvalue weighted by atomic mass is 32.2. The molecule has 1 aliphatic rings. The molecule has 1 saturated heterocycles. The Labute approximate surface area is 136 Å². The van der Waals surface area contributed by atoms with Crippen molar-refractivity contribution in [1.82, 2.24) is 10.2 Å². The molecule has 0 aliphatic carbocycles. The minimum Gasteiger partial charge on any atom is -0.330 e. The van der Waals surface area contributed by atoms with Crippen LogP contribution in [-0.2, 0) is 9.84 Å². The second kappa shape index (κ2) is 7.46. The van der Waals surface area contributed by atoms with Crippen LogP contribution in [0.15, 0.2) is 17.5 Å². The van der Waals surface area contributed by atoms with E-state index in [4.69, 9.17) is 0 Å². The maximum atomic E-state index is 12.4. The summed E-state index contributed by atoms with van der Waals surface area (Å²) in [6.45, 7) is 4.75. The summed E-state index contributed by atoms with van der Waals surface area (Å²) in [4.78, 5) is 15.2. The minimum atomic E-state index is -2.99. The van der Waals surface area contributed by atoms with Gasteiger partial charge in [-0.3, -0.25) is 0 Å². The highest BCUT2D eigenvalue weighted by Gasteiger charge is 2.30. The van der Waals surface area contributed by atoms with Gasteiger partial charge in [-0.15, -0.1) is 11.3 Å². The summed E-state index contributed by atoms with van der Waals surface area (Å²) in [5.41, 5.74) is 0. The number of piperidine rings is 1. The monoisotopic (exact) mass is 344 g/mol. The van der Waals surface area contributed by atoms with Crippen LogP contribution < -0.4 is 5.32 Å². The molecule has 0 spiro atoms. The number of urea groups is 1. The van der Waals surface area contributed by atoms with Crippen molar-refractivity contribution in [3.8, 4) is 0 Å². The lowest BCUT2D eigenvalue weighted by atomic mass is 10.1. The summed E-state index contributed by atoms with van der Waals surface area (Å²) in [7, 11) is -2.99. The molecule has 1 fully saturated rings. The van der Waals surface area contributed by atoms with Gasteiger partial charge in [0.05, 0.1) is 11.3 Å². The molecule has 7 heteroatoms. The number of nitrogens with zero attached hydrogens (tertiary/aromatic N) is 1. The number of hydrogen-bond donors (Lipinski definition) is 1. The van der Waals surface area contributed by atoms with Crippen LogP contribution in [0.3, 0.4) is 0 Å². The van der Waals surface area contributed by atoms with E-state index in [9.17, 15) is 13.2 Å². The molecular weight excluding hydrogens is 320 g/mol. The smallest absolute Gasteiger partial charge is 0.317 e. The first-order chi connectivity index (χ1) is 10.5. The molecule has 1 atom stereocenters. The zero-order valence-electron chi connectivity index (χ0n) is 13.1. The summed E-state index contributed by atoms with van der Waals surface area (Å²) in [5, 5.41) is 4.77. The van der Waals surface area contributed by atoms with Crippen molar-refractivity contribution in [2.75, 3.05) is 18.8 Å². The zero-order valence-corrected chi connectivity index (χ0v) is 14.8. The lowest BCUT2D eigenvalue weighted by Crippen LogP contribution is -2.47. The van der Waals surface area contributed by atoms with E-state index < -0.39 is 9.84 Å². The Balaban J connectivity index is 1.90. The topological polar surface area (TPSA) is 66.5 Å². The van der Waals surface area contributed by atoms with Gasteiger partial charge >= 0.3 is 6.03 Å². The first-order valence-electron chi connectivity index (χ1n) is 7.78. The number of thiophene rings is 1. The molecule has 2 rings (SSSR count). The average Bonchev–Trinajstić information content (AvgIpc) is 3.06. The van der Waals surface area contributed by atoms with E-state index in [0.29, 0.717) is 25.9 Å². The van der Waals surface area contributed by atoms with Crippen LogP contribution in [-0.4, -0.2) is 43.4 Å². The number of carbonyl (C=O) groups excluding carboxylic acids is 1. The zero-order chi connectivity index (χ0) is 16.2. The van der Waals surface area contributed by atoms with Gasteiger partial charge in [0.15, 0.2) is 9.84 Å². The number of carbonyl (C=O) groups is 1. The predicted molar refractivity (Wildman–Crippen MR) is 89.9 cm³/mol. The molecule has 5 nitrogen and oxygen atoms in total. The predicted octanol–water partition coefficient (Wildman–Crippen LogP) is 2.81. The summed E-state index contributed by atoms with van der Waals surface area (Å²) in [6.07, 6.45) is 1.92. The first-order valence-corrected chi connectivity index (χ1v) is 10.4. The molecule has 0 radical (unpaired) electrons. The number of likely N-dealkylation sites (tertiary alicyclic amines) is 1. The van der Waals surface area contributed by atoms with Gasteiger partial charge in [0, 0.05) is 23.7 Å². The Morgan fingerprint density at radius 1 is 1.41 bits per heavy atom. The van der Waals surface area contributed by atoms with E-state index in [2.05, 4.69) is 5.32 Å². The molecule has 0 saturated carbocycles. The fraction of sp³-hybridized carbons (Fsp3) is 0.667. The van der Waals surface area contributed by atoms with Crippen LogP contribution >= 0.6 is 11.3 Å². The number of amides is 2. The van der Waals surface area contributed by atoms with E-state index in [1.807, 2.05) is 24.4 Å². The molecule has 22 heavy (non-hydrogen) atoms. The van der Waals surface area contributed by atoms with Crippen molar-refractivity contribution in [3.05, 3.63) is 22.4 Å². The van der Waals surface area contributed by atoms with Crippen LogP contribution in [0.1, 0.15) is 44.0 Å². The highest BCUT2D eigenvalue weighted by molar-refractivity contribution is 7.92. The summed E-state index contributed by atoms with van der Waals surface area (Å²) in [5.74, 6) is 0.181. The van der Waals surface area contributed by atoms with Crippen LogP contribution in [0.2, 0.25) is 0 Å². The quantitative estimate of drug-likeness (QED) is 0.893. The van der Waals surface area contributed by atoms with Gasteiger partial charge in [0.1, 0.15) is 0 Å². The second-order valence-corrected chi connectivity index (χ2v) is 9.11. The van der Waals surface area contributed by atoms with Crippen LogP contribution in [0.25, 0.3) is 0 Å². The third-order valence-corrected chi connectivity index (χ3v) is 7.51. The third-order valence-electron chi connectivity index (χ3n) is 4.23. The molecule has 2 amide bonds. The van der Waals surface area contributed by atoms with Gasteiger partial charge in [-0.05, 0) is 30.7 Å². The normalized spacial score (nSPS) is 18.2. The van der Waals surface area contributed by atoms with Crippen LogP contribution in [0.4, 0.5) is 4.79 Å². The van der Waals surface area contributed by atoms with Crippen molar-refractivity contribution in [2.45, 2.75) is 44.4 Å². The Morgan fingerprint density at radius 3 is 2.59 bits per heavy atom. The SMILES string of the molecule is CCC(NC(=O)N1CCC(S(=O)(=O)CC)CC1)c1cccs1. The Morgan fingerprint density at radius 2 is 2.09 bits per heavy atom. The van der Waals surface area contributed by atoms with Crippen LogP contribution in [0, 0.1) is 0 Å². The minimum absolute atomic E-state index is 0.0320.